The van der Waals surface area contributed by atoms with Gasteiger partial charge in [-0.3, -0.25) is 0 Å². The van der Waals surface area contributed by atoms with E-state index in [9.17, 15) is 0 Å². The van der Waals surface area contributed by atoms with Crippen molar-refractivity contribution in [1.82, 2.24) is 0 Å². The average Bonchev–Trinajstić information content (AvgIpc) is 2.33. The summed E-state index contributed by atoms with van der Waals surface area (Å²) in [6.45, 7) is 0. The molecule has 0 aromatic heterocycles. The Morgan fingerprint density at radius 3 is 2.44 bits per heavy atom. The van der Waals surface area contributed by atoms with Gasteiger partial charge in [0.05, 0.1) is 0 Å². The van der Waals surface area contributed by atoms with Crippen molar-refractivity contribution in [3.05, 3.63) is 65.7 Å². The second-order valence-electron chi connectivity index (χ2n) is 3.74. The van der Waals surface area contributed by atoms with Crippen molar-refractivity contribution in [1.29, 1.82) is 0 Å². The maximum absolute atomic E-state index is 3.17. The van der Waals surface area contributed by atoms with Gasteiger partial charge in [-0.25, -0.2) is 0 Å². The van der Waals surface area contributed by atoms with Crippen LogP contribution in [0.1, 0.15) is 11.1 Å². The molecular weight excluding hydrogens is 192 g/mol. The molecule has 2 aromatic rings. The molecule has 0 heteroatoms. The summed E-state index contributed by atoms with van der Waals surface area (Å²) in [5.41, 5.74) is 4.79. The molecule has 1 aliphatic rings. The first-order valence-electron chi connectivity index (χ1n) is 5.32. The highest BCUT2D eigenvalue weighted by molar-refractivity contribution is 5.81. The van der Waals surface area contributed by atoms with Crippen LogP contribution >= 0.6 is 0 Å². The van der Waals surface area contributed by atoms with Crippen molar-refractivity contribution in [2.45, 2.75) is 0 Å². The fourth-order valence-corrected chi connectivity index (χ4v) is 1.97. The zero-order chi connectivity index (χ0) is 10.8. The molecule has 0 nitrogen and oxygen atoms in total. The maximum atomic E-state index is 3.17. The summed E-state index contributed by atoms with van der Waals surface area (Å²) in [6.07, 6.45) is 3.98. The van der Waals surface area contributed by atoms with Gasteiger partial charge in [-0.15, -0.1) is 0 Å². The van der Waals surface area contributed by atoms with E-state index in [1.54, 1.807) is 0 Å². The minimum Gasteiger partial charge on any atom is -0.0696 e. The Morgan fingerprint density at radius 2 is 1.50 bits per heavy atom. The molecule has 0 spiro atoms. The third-order valence-electron chi connectivity index (χ3n) is 2.73. The summed E-state index contributed by atoms with van der Waals surface area (Å²) in [4.78, 5) is 0. The van der Waals surface area contributed by atoms with Gasteiger partial charge in [-0.2, -0.15) is 0 Å². The highest BCUT2D eigenvalue weighted by atomic mass is 14.1. The lowest BCUT2D eigenvalue weighted by Gasteiger charge is -2.09. The predicted octanol–water partition coefficient (Wildman–Crippen LogP) is 3.73. The van der Waals surface area contributed by atoms with Crippen LogP contribution in [-0.2, 0) is 0 Å². The van der Waals surface area contributed by atoms with Crippen molar-refractivity contribution >= 4 is 6.08 Å². The number of rotatable bonds is 0. The fraction of sp³-hybridized carbons (Fsp3) is 0. The third kappa shape index (κ3) is 1.43. The number of benzene rings is 2. The zero-order valence-electron chi connectivity index (χ0n) is 8.77. The van der Waals surface area contributed by atoms with E-state index in [2.05, 4.69) is 60.4 Å². The Kier molecular flexibility index (Phi) is 2.09. The molecule has 0 fully saturated rings. The Labute approximate surface area is 95.3 Å². The molecule has 0 atom stereocenters. The van der Waals surface area contributed by atoms with Crippen molar-refractivity contribution < 1.29 is 0 Å². The summed E-state index contributed by atoms with van der Waals surface area (Å²) in [5, 5.41) is 0. The molecule has 0 aliphatic heterocycles. The standard InChI is InChI=1S/C16H10/c1-2-8-14-10-4-6-12-16(14)15-11-5-3-9-13(15)7-1/h1,3-7,9-12H/b7-1-,13-7?,16-15?. The minimum absolute atomic E-state index is 1.10. The van der Waals surface area contributed by atoms with Crippen LogP contribution in [0.25, 0.3) is 17.2 Å². The second-order valence-corrected chi connectivity index (χ2v) is 3.74. The van der Waals surface area contributed by atoms with Crippen LogP contribution in [0.3, 0.4) is 0 Å². The zero-order valence-corrected chi connectivity index (χ0v) is 8.77. The summed E-state index contributed by atoms with van der Waals surface area (Å²) in [7, 11) is 0. The Balaban J connectivity index is 2.37. The monoisotopic (exact) mass is 202 g/mol. The van der Waals surface area contributed by atoms with Gasteiger partial charge < -0.3 is 0 Å². The lowest BCUT2D eigenvalue weighted by molar-refractivity contribution is 1.56. The first kappa shape index (κ1) is 9.00. The molecule has 0 unspecified atom stereocenters. The molecule has 74 valence electrons. The van der Waals surface area contributed by atoms with Crippen LogP contribution in [0.4, 0.5) is 0 Å². The maximum Gasteiger partial charge on any atom is 0.0327 e. The third-order valence-corrected chi connectivity index (χ3v) is 2.73. The normalized spacial score (nSPS) is 13.5. The van der Waals surface area contributed by atoms with Crippen molar-refractivity contribution in [3.8, 4) is 23.0 Å². The molecule has 0 N–H and O–H groups in total. The number of hydrogen-bond donors (Lipinski definition) is 0. The van der Waals surface area contributed by atoms with Crippen LogP contribution < -0.4 is 0 Å². The van der Waals surface area contributed by atoms with Crippen LogP contribution in [0.2, 0.25) is 0 Å². The van der Waals surface area contributed by atoms with E-state index in [0.717, 1.165) is 5.56 Å². The number of fused-ring (bicyclic) bond motifs is 3. The van der Waals surface area contributed by atoms with Crippen molar-refractivity contribution in [3.63, 3.8) is 0 Å². The molecule has 0 saturated heterocycles. The molecule has 0 radical (unpaired) electrons. The van der Waals surface area contributed by atoms with Crippen LogP contribution in [0.5, 0.6) is 0 Å². The number of hydrogen-bond acceptors (Lipinski definition) is 0. The van der Waals surface area contributed by atoms with E-state index in [-0.39, 0.29) is 0 Å². The first-order valence-corrected chi connectivity index (χ1v) is 5.32. The Bertz CT molecular complexity index is 622. The van der Waals surface area contributed by atoms with Crippen LogP contribution in [0, 0.1) is 11.8 Å². The molecule has 3 rings (SSSR count). The molecule has 0 heterocycles. The topological polar surface area (TPSA) is 0 Å². The summed E-state index contributed by atoms with van der Waals surface area (Å²) in [5.74, 6) is 6.22. The van der Waals surface area contributed by atoms with Gasteiger partial charge in [-0.1, -0.05) is 54.3 Å². The SMILES string of the molecule is C1#Cc2ccccc2-c2ccccc2/C=C\1. The smallest absolute Gasteiger partial charge is 0.0327 e. The Morgan fingerprint density at radius 1 is 0.750 bits per heavy atom. The summed E-state index contributed by atoms with van der Waals surface area (Å²) < 4.78 is 0. The first-order chi connectivity index (χ1) is 7.95. The van der Waals surface area contributed by atoms with Gasteiger partial charge in [0.15, 0.2) is 0 Å². The Hall–Kier alpha value is -2.26. The van der Waals surface area contributed by atoms with Crippen molar-refractivity contribution in [2.24, 2.45) is 0 Å². The number of allylic oxidation sites excluding steroid dienone is 1. The summed E-state index contributed by atoms with van der Waals surface area (Å²) >= 11 is 0. The van der Waals surface area contributed by atoms with E-state index < -0.39 is 0 Å². The largest absolute Gasteiger partial charge is 0.0696 e. The highest BCUT2D eigenvalue weighted by Gasteiger charge is 2.06. The predicted molar refractivity (Wildman–Crippen MR) is 67.8 cm³/mol. The molecule has 0 bridgehead atoms. The van der Waals surface area contributed by atoms with E-state index in [1.807, 2.05) is 12.1 Å². The molecular formula is C16H10. The minimum atomic E-state index is 1.10. The molecule has 1 aliphatic carbocycles. The molecule has 0 amide bonds. The average molecular weight is 202 g/mol. The van der Waals surface area contributed by atoms with Gasteiger partial charge in [0, 0.05) is 5.56 Å². The van der Waals surface area contributed by atoms with Gasteiger partial charge in [-0.05, 0) is 34.9 Å². The van der Waals surface area contributed by atoms with Gasteiger partial charge in [0.2, 0.25) is 0 Å². The van der Waals surface area contributed by atoms with E-state index in [4.69, 9.17) is 0 Å². The lowest BCUT2D eigenvalue weighted by Crippen LogP contribution is -1.88. The second kappa shape index (κ2) is 3.72. The fourth-order valence-electron chi connectivity index (χ4n) is 1.97. The van der Waals surface area contributed by atoms with Gasteiger partial charge in [0.1, 0.15) is 0 Å². The molecule has 16 heavy (non-hydrogen) atoms. The highest BCUT2D eigenvalue weighted by Crippen LogP contribution is 2.28. The van der Waals surface area contributed by atoms with E-state index in [0.29, 0.717) is 0 Å². The summed E-state index contributed by atoms with van der Waals surface area (Å²) in [6, 6.07) is 16.7. The molecule has 0 saturated carbocycles. The van der Waals surface area contributed by atoms with Gasteiger partial charge in [0.25, 0.3) is 0 Å². The van der Waals surface area contributed by atoms with Crippen LogP contribution in [-0.4, -0.2) is 0 Å². The van der Waals surface area contributed by atoms with Crippen LogP contribution in [0.15, 0.2) is 54.6 Å². The lowest BCUT2D eigenvalue weighted by atomic mass is 9.94. The van der Waals surface area contributed by atoms with Crippen molar-refractivity contribution in [2.75, 3.05) is 0 Å². The quantitative estimate of drug-likeness (QED) is 0.571. The molecule has 2 aromatic carbocycles. The van der Waals surface area contributed by atoms with E-state index >= 15 is 0 Å². The van der Waals surface area contributed by atoms with Gasteiger partial charge >= 0.3 is 0 Å². The van der Waals surface area contributed by atoms with E-state index in [1.165, 1.54) is 16.7 Å².